The summed E-state index contributed by atoms with van der Waals surface area (Å²) in [6, 6.07) is 4.62. The van der Waals surface area contributed by atoms with Gasteiger partial charge < -0.3 is 9.15 Å². The molecule has 1 heterocycles. The third-order valence-electron chi connectivity index (χ3n) is 2.59. The first kappa shape index (κ1) is 13.0. The third-order valence-corrected chi connectivity index (χ3v) is 3.20. The lowest BCUT2D eigenvalue weighted by atomic mass is 10.0. The van der Waals surface area contributed by atoms with Gasteiger partial charge in [0.2, 0.25) is 0 Å². The molecule has 0 saturated carbocycles. The Bertz CT molecular complexity index is 602. The third kappa shape index (κ3) is 2.24. The van der Waals surface area contributed by atoms with E-state index >= 15 is 0 Å². The van der Waals surface area contributed by atoms with Gasteiger partial charge in [0.1, 0.15) is 11.5 Å². The number of benzene rings is 1. The molecule has 18 heavy (non-hydrogen) atoms. The average Bonchev–Trinajstić information content (AvgIpc) is 2.77. The predicted molar refractivity (Wildman–Crippen MR) is 69.9 cm³/mol. The molecule has 0 bridgehead atoms. The van der Waals surface area contributed by atoms with Crippen molar-refractivity contribution in [2.45, 2.75) is 6.92 Å². The summed E-state index contributed by atoms with van der Waals surface area (Å²) in [4.78, 5) is 12.3. The number of halogens is 2. The summed E-state index contributed by atoms with van der Waals surface area (Å²) in [5.41, 5.74) is 0.796. The lowest BCUT2D eigenvalue weighted by Gasteiger charge is -2.07. The molecule has 2 aromatic rings. The van der Waals surface area contributed by atoms with Crippen LogP contribution in [0.5, 0.6) is 5.75 Å². The first-order chi connectivity index (χ1) is 8.54. The van der Waals surface area contributed by atoms with Crippen molar-refractivity contribution in [3.05, 3.63) is 51.4 Å². The molecule has 2 rings (SSSR count). The van der Waals surface area contributed by atoms with E-state index in [4.69, 9.17) is 32.4 Å². The van der Waals surface area contributed by atoms with Crippen molar-refractivity contribution >= 4 is 29.0 Å². The molecule has 0 aliphatic carbocycles. The van der Waals surface area contributed by atoms with Crippen molar-refractivity contribution < 1.29 is 13.9 Å². The van der Waals surface area contributed by atoms with Crippen LogP contribution in [0.4, 0.5) is 0 Å². The standard InChI is InChI=1S/C13H10Cl2O3/c1-7-8(3-4-18-7)13(16)9-5-11(15)12(17-2)6-10(9)14/h3-6H,1-2H3. The number of hydrogen-bond donors (Lipinski definition) is 0. The van der Waals surface area contributed by atoms with Crippen LogP contribution in [0.25, 0.3) is 0 Å². The molecule has 0 fully saturated rings. The quantitative estimate of drug-likeness (QED) is 0.796. The number of aryl methyl sites for hydroxylation is 1. The molecule has 0 amide bonds. The molecular weight excluding hydrogens is 275 g/mol. The lowest BCUT2D eigenvalue weighted by molar-refractivity contribution is 0.103. The van der Waals surface area contributed by atoms with E-state index in [1.807, 2.05) is 0 Å². The van der Waals surface area contributed by atoms with Crippen LogP contribution >= 0.6 is 23.2 Å². The summed E-state index contributed by atoms with van der Waals surface area (Å²) in [5.74, 6) is 0.751. The Morgan fingerprint density at radius 1 is 1.22 bits per heavy atom. The van der Waals surface area contributed by atoms with Crippen LogP contribution in [-0.4, -0.2) is 12.9 Å². The molecule has 5 heteroatoms. The van der Waals surface area contributed by atoms with Crippen LogP contribution in [0.2, 0.25) is 10.0 Å². The first-order valence-corrected chi connectivity index (χ1v) is 5.92. The Hall–Kier alpha value is -1.45. The Morgan fingerprint density at radius 2 is 1.94 bits per heavy atom. The van der Waals surface area contributed by atoms with Gasteiger partial charge in [-0.25, -0.2) is 0 Å². The number of rotatable bonds is 3. The highest BCUT2D eigenvalue weighted by atomic mass is 35.5. The van der Waals surface area contributed by atoms with Crippen molar-refractivity contribution in [3.8, 4) is 5.75 Å². The minimum absolute atomic E-state index is 0.226. The number of carbonyl (C=O) groups is 1. The molecule has 0 saturated heterocycles. The average molecular weight is 285 g/mol. The monoisotopic (exact) mass is 284 g/mol. The largest absolute Gasteiger partial charge is 0.495 e. The van der Waals surface area contributed by atoms with Gasteiger partial charge in [-0.15, -0.1) is 0 Å². The Morgan fingerprint density at radius 3 is 2.50 bits per heavy atom. The van der Waals surface area contributed by atoms with Gasteiger partial charge in [-0.2, -0.15) is 0 Å². The van der Waals surface area contributed by atoms with E-state index in [9.17, 15) is 4.79 Å². The van der Waals surface area contributed by atoms with Crippen molar-refractivity contribution in [2.75, 3.05) is 7.11 Å². The maximum absolute atomic E-state index is 12.3. The molecule has 0 radical (unpaired) electrons. The van der Waals surface area contributed by atoms with Crippen molar-refractivity contribution in [2.24, 2.45) is 0 Å². The van der Waals surface area contributed by atoms with Gasteiger partial charge in [0.05, 0.1) is 29.0 Å². The normalized spacial score (nSPS) is 10.4. The van der Waals surface area contributed by atoms with E-state index in [1.54, 1.807) is 13.0 Å². The second kappa shape index (κ2) is 5.04. The molecule has 94 valence electrons. The van der Waals surface area contributed by atoms with Crippen molar-refractivity contribution in [1.82, 2.24) is 0 Å². The molecule has 1 aromatic carbocycles. The molecule has 0 aliphatic heterocycles. The molecule has 1 aromatic heterocycles. The van der Waals surface area contributed by atoms with Gasteiger partial charge in [0.15, 0.2) is 5.78 Å². The molecule has 0 atom stereocenters. The van der Waals surface area contributed by atoms with Crippen LogP contribution in [0, 0.1) is 6.92 Å². The topological polar surface area (TPSA) is 39.4 Å². The Kier molecular flexibility index (Phi) is 3.64. The van der Waals surface area contributed by atoms with Crippen molar-refractivity contribution in [3.63, 3.8) is 0 Å². The van der Waals surface area contributed by atoms with E-state index in [0.29, 0.717) is 32.7 Å². The van der Waals surface area contributed by atoms with E-state index in [0.717, 1.165) is 0 Å². The number of hydrogen-bond acceptors (Lipinski definition) is 3. The Labute approximate surface area is 114 Å². The maximum Gasteiger partial charge on any atom is 0.198 e. The zero-order valence-electron chi connectivity index (χ0n) is 9.79. The fourth-order valence-electron chi connectivity index (χ4n) is 1.62. The number of carbonyl (C=O) groups excluding carboxylic acids is 1. The summed E-state index contributed by atoms with van der Waals surface area (Å²) < 4.78 is 10.1. The van der Waals surface area contributed by atoms with Crippen LogP contribution < -0.4 is 4.74 Å². The van der Waals surface area contributed by atoms with Crippen LogP contribution in [0.15, 0.2) is 28.9 Å². The zero-order chi connectivity index (χ0) is 13.3. The van der Waals surface area contributed by atoms with Crippen LogP contribution in [-0.2, 0) is 0 Å². The molecule has 3 nitrogen and oxygen atoms in total. The maximum atomic E-state index is 12.3. The molecule has 0 spiro atoms. The predicted octanol–water partition coefficient (Wildman–Crippen LogP) is 4.13. The highest BCUT2D eigenvalue weighted by Crippen LogP contribution is 2.32. The highest BCUT2D eigenvalue weighted by Gasteiger charge is 2.19. The molecule has 0 unspecified atom stereocenters. The van der Waals surface area contributed by atoms with Gasteiger partial charge in [-0.05, 0) is 19.1 Å². The molecule has 0 aliphatic rings. The summed E-state index contributed by atoms with van der Waals surface area (Å²) in [7, 11) is 1.49. The smallest absolute Gasteiger partial charge is 0.198 e. The summed E-state index contributed by atoms with van der Waals surface area (Å²) >= 11 is 12.0. The van der Waals surface area contributed by atoms with E-state index < -0.39 is 0 Å². The summed E-state index contributed by atoms with van der Waals surface area (Å²) in [5, 5.41) is 0.633. The van der Waals surface area contributed by atoms with Crippen LogP contribution in [0.1, 0.15) is 21.7 Å². The Balaban J connectivity index is 2.49. The molecule has 0 N–H and O–H groups in total. The number of furan rings is 1. The zero-order valence-corrected chi connectivity index (χ0v) is 11.3. The van der Waals surface area contributed by atoms with E-state index in [-0.39, 0.29) is 5.78 Å². The number of ether oxygens (including phenoxy) is 1. The first-order valence-electron chi connectivity index (χ1n) is 5.16. The van der Waals surface area contributed by atoms with Crippen molar-refractivity contribution in [1.29, 1.82) is 0 Å². The number of ketones is 1. The van der Waals surface area contributed by atoms with E-state index in [1.165, 1.54) is 25.5 Å². The van der Waals surface area contributed by atoms with Gasteiger partial charge in [0, 0.05) is 11.6 Å². The summed E-state index contributed by atoms with van der Waals surface area (Å²) in [6.45, 7) is 1.71. The van der Waals surface area contributed by atoms with Gasteiger partial charge in [-0.1, -0.05) is 23.2 Å². The fourth-order valence-corrected chi connectivity index (χ4v) is 2.10. The van der Waals surface area contributed by atoms with Gasteiger partial charge >= 0.3 is 0 Å². The highest BCUT2D eigenvalue weighted by molar-refractivity contribution is 6.37. The van der Waals surface area contributed by atoms with Gasteiger partial charge in [0.25, 0.3) is 0 Å². The molecular formula is C13H10Cl2O3. The lowest BCUT2D eigenvalue weighted by Crippen LogP contribution is -2.03. The second-order valence-corrected chi connectivity index (χ2v) is 4.50. The fraction of sp³-hybridized carbons (Fsp3) is 0.154. The second-order valence-electron chi connectivity index (χ2n) is 3.69. The van der Waals surface area contributed by atoms with Crippen LogP contribution in [0.3, 0.4) is 0 Å². The number of methoxy groups -OCH3 is 1. The SMILES string of the molecule is COc1cc(Cl)c(C(=O)c2ccoc2C)cc1Cl. The van der Waals surface area contributed by atoms with E-state index in [2.05, 4.69) is 0 Å². The minimum atomic E-state index is -0.226. The summed E-state index contributed by atoms with van der Waals surface area (Å²) in [6.07, 6.45) is 1.46. The van der Waals surface area contributed by atoms with Gasteiger partial charge in [-0.3, -0.25) is 4.79 Å². The minimum Gasteiger partial charge on any atom is -0.495 e.